The number of imidazole rings is 1. The summed E-state index contributed by atoms with van der Waals surface area (Å²) in [5.41, 5.74) is 1.47. The highest BCUT2D eigenvalue weighted by molar-refractivity contribution is 5.84. The Hall–Kier alpha value is -1.89. The van der Waals surface area contributed by atoms with Gasteiger partial charge in [-0.3, -0.25) is 0 Å². The predicted octanol–water partition coefficient (Wildman–Crippen LogP) is 0.356. The number of hydrogen-bond acceptors (Lipinski definition) is 6. The van der Waals surface area contributed by atoms with Crippen LogP contribution in [0.4, 0.5) is 11.8 Å². The van der Waals surface area contributed by atoms with E-state index in [2.05, 4.69) is 30.2 Å². The minimum atomic E-state index is -0.287. The van der Waals surface area contributed by atoms with Crippen LogP contribution in [0.5, 0.6) is 0 Å². The zero-order chi connectivity index (χ0) is 12.5. The lowest BCUT2D eigenvalue weighted by atomic mass is 10.1. The van der Waals surface area contributed by atoms with Crippen molar-refractivity contribution in [3.63, 3.8) is 0 Å². The third-order valence-electron chi connectivity index (χ3n) is 3.19. The van der Waals surface area contributed by atoms with Crippen molar-refractivity contribution < 1.29 is 5.11 Å². The fourth-order valence-corrected chi connectivity index (χ4v) is 2.31. The Labute approximate surface area is 104 Å². The highest BCUT2D eigenvalue weighted by Gasteiger charge is 2.22. The summed E-state index contributed by atoms with van der Waals surface area (Å²) in [6.45, 7) is 1.50. The van der Waals surface area contributed by atoms with Gasteiger partial charge >= 0.3 is 0 Å². The van der Waals surface area contributed by atoms with Crippen molar-refractivity contribution in [3.8, 4) is 0 Å². The van der Waals surface area contributed by atoms with E-state index >= 15 is 0 Å². The van der Waals surface area contributed by atoms with Gasteiger partial charge in [0, 0.05) is 20.1 Å². The first-order valence-corrected chi connectivity index (χ1v) is 6.10. The molecule has 18 heavy (non-hydrogen) atoms. The second-order valence-electron chi connectivity index (χ2n) is 4.46. The molecule has 0 amide bonds. The molecule has 0 saturated carbocycles. The number of β-amino-alcohol motifs (C(OH)–C–C–N with tert-alkyl or cyclic N) is 1. The Morgan fingerprint density at radius 2 is 2.39 bits per heavy atom. The molecule has 3 N–H and O–H groups in total. The largest absolute Gasteiger partial charge is 0.391 e. The minimum absolute atomic E-state index is 0.287. The molecule has 2 aromatic heterocycles. The van der Waals surface area contributed by atoms with Crippen LogP contribution in [-0.4, -0.2) is 51.3 Å². The fourth-order valence-electron chi connectivity index (χ4n) is 2.31. The molecule has 1 aliphatic heterocycles. The highest BCUT2D eigenvalue weighted by Crippen LogP contribution is 2.25. The number of aliphatic hydroxyl groups is 1. The van der Waals surface area contributed by atoms with Crippen LogP contribution in [-0.2, 0) is 0 Å². The van der Waals surface area contributed by atoms with Gasteiger partial charge in [0.05, 0.1) is 12.4 Å². The topological polar surface area (TPSA) is 90.0 Å². The average molecular weight is 248 g/mol. The molecule has 0 aromatic carbocycles. The number of nitrogens with one attached hydrogen (secondary N) is 2. The minimum Gasteiger partial charge on any atom is -0.391 e. The number of aliphatic hydroxyl groups excluding tert-OH is 1. The van der Waals surface area contributed by atoms with E-state index in [9.17, 15) is 5.11 Å². The molecule has 3 rings (SSSR count). The van der Waals surface area contributed by atoms with Gasteiger partial charge in [-0.1, -0.05) is 0 Å². The summed E-state index contributed by atoms with van der Waals surface area (Å²) in [6, 6.07) is 0. The first kappa shape index (κ1) is 11.2. The standard InChI is InChI=1S/C11H16N6O/c1-12-11-15-9-8(13-6-14-9)10(16-11)17-4-2-3-7(18)5-17/h6-7,18H,2-5H2,1H3,(H2,12,13,14,15,16). The van der Waals surface area contributed by atoms with Gasteiger partial charge < -0.3 is 20.3 Å². The molecule has 0 spiro atoms. The molecule has 1 unspecified atom stereocenters. The van der Waals surface area contributed by atoms with Crippen LogP contribution in [0.1, 0.15) is 12.8 Å². The molecular weight excluding hydrogens is 232 g/mol. The third-order valence-corrected chi connectivity index (χ3v) is 3.19. The molecule has 2 aromatic rings. The predicted molar refractivity (Wildman–Crippen MR) is 68.7 cm³/mol. The Balaban J connectivity index is 2.05. The maximum absolute atomic E-state index is 9.76. The number of rotatable bonds is 2. The van der Waals surface area contributed by atoms with E-state index in [0.29, 0.717) is 18.1 Å². The average Bonchev–Trinajstić information content (AvgIpc) is 2.85. The van der Waals surface area contributed by atoms with Crippen molar-refractivity contribution in [1.29, 1.82) is 0 Å². The number of nitrogens with zero attached hydrogens (tertiary/aromatic N) is 4. The third kappa shape index (κ3) is 1.86. The van der Waals surface area contributed by atoms with Gasteiger partial charge in [-0.25, -0.2) is 4.98 Å². The fraction of sp³-hybridized carbons (Fsp3) is 0.545. The highest BCUT2D eigenvalue weighted by atomic mass is 16.3. The maximum Gasteiger partial charge on any atom is 0.226 e. The van der Waals surface area contributed by atoms with Crippen LogP contribution in [0.25, 0.3) is 11.2 Å². The van der Waals surface area contributed by atoms with E-state index in [-0.39, 0.29) is 6.10 Å². The van der Waals surface area contributed by atoms with Gasteiger partial charge in [-0.2, -0.15) is 9.97 Å². The molecule has 0 aliphatic carbocycles. The van der Waals surface area contributed by atoms with Gasteiger partial charge in [0.15, 0.2) is 11.5 Å². The maximum atomic E-state index is 9.76. The zero-order valence-corrected chi connectivity index (χ0v) is 10.2. The molecule has 7 heteroatoms. The number of aromatic nitrogens is 4. The number of hydrogen-bond donors (Lipinski definition) is 3. The van der Waals surface area contributed by atoms with Crippen molar-refractivity contribution in [3.05, 3.63) is 6.33 Å². The number of aromatic amines is 1. The molecule has 7 nitrogen and oxygen atoms in total. The van der Waals surface area contributed by atoms with E-state index in [1.165, 1.54) is 0 Å². The van der Waals surface area contributed by atoms with E-state index in [4.69, 9.17) is 0 Å². The SMILES string of the molecule is CNc1nc(N2CCCC(O)C2)c2[nH]cnc2n1. The van der Waals surface area contributed by atoms with Crippen molar-refractivity contribution in [1.82, 2.24) is 19.9 Å². The molecule has 1 fully saturated rings. The lowest BCUT2D eigenvalue weighted by Gasteiger charge is -2.31. The smallest absolute Gasteiger partial charge is 0.226 e. The summed E-state index contributed by atoms with van der Waals surface area (Å²) in [6.07, 6.45) is 3.15. The monoisotopic (exact) mass is 248 g/mol. The first-order valence-electron chi connectivity index (χ1n) is 6.10. The lowest BCUT2D eigenvalue weighted by Crippen LogP contribution is -2.39. The Bertz CT molecular complexity index is 553. The normalized spacial score (nSPS) is 20.3. The van der Waals surface area contributed by atoms with E-state index in [1.807, 2.05) is 0 Å². The Morgan fingerprint density at radius 1 is 1.50 bits per heavy atom. The van der Waals surface area contributed by atoms with Crippen LogP contribution in [0, 0.1) is 0 Å². The van der Waals surface area contributed by atoms with Crippen molar-refractivity contribution >= 4 is 22.9 Å². The number of fused-ring (bicyclic) bond motifs is 1. The van der Waals surface area contributed by atoms with Gasteiger partial charge in [-0.15, -0.1) is 0 Å². The molecule has 96 valence electrons. The molecule has 1 atom stereocenters. The Morgan fingerprint density at radius 3 is 3.17 bits per heavy atom. The molecule has 3 heterocycles. The van der Waals surface area contributed by atoms with E-state index in [1.54, 1.807) is 13.4 Å². The number of H-pyrrole nitrogens is 1. The van der Waals surface area contributed by atoms with Gasteiger partial charge in [0.25, 0.3) is 0 Å². The second-order valence-corrected chi connectivity index (χ2v) is 4.46. The lowest BCUT2D eigenvalue weighted by molar-refractivity contribution is 0.154. The van der Waals surface area contributed by atoms with Crippen LogP contribution in [0.15, 0.2) is 6.33 Å². The molecule has 1 aliphatic rings. The van der Waals surface area contributed by atoms with E-state index < -0.39 is 0 Å². The summed E-state index contributed by atoms with van der Waals surface area (Å²) in [4.78, 5) is 18.1. The van der Waals surface area contributed by atoms with Gasteiger partial charge in [0.1, 0.15) is 5.52 Å². The van der Waals surface area contributed by atoms with Crippen LogP contribution < -0.4 is 10.2 Å². The van der Waals surface area contributed by atoms with Crippen molar-refractivity contribution in [2.24, 2.45) is 0 Å². The van der Waals surface area contributed by atoms with Crippen LogP contribution in [0.3, 0.4) is 0 Å². The zero-order valence-electron chi connectivity index (χ0n) is 10.2. The van der Waals surface area contributed by atoms with Crippen LogP contribution in [0.2, 0.25) is 0 Å². The summed E-state index contributed by atoms with van der Waals surface area (Å²) >= 11 is 0. The molecule has 1 saturated heterocycles. The second kappa shape index (κ2) is 4.41. The van der Waals surface area contributed by atoms with Crippen LogP contribution >= 0.6 is 0 Å². The van der Waals surface area contributed by atoms with E-state index in [0.717, 1.165) is 30.7 Å². The first-order chi connectivity index (χ1) is 8.78. The summed E-state index contributed by atoms with van der Waals surface area (Å²) in [5.74, 6) is 1.35. The summed E-state index contributed by atoms with van der Waals surface area (Å²) < 4.78 is 0. The summed E-state index contributed by atoms with van der Waals surface area (Å²) in [7, 11) is 1.78. The quantitative estimate of drug-likeness (QED) is 0.711. The van der Waals surface area contributed by atoms with Gasteiger partial charge in [-0.05, 0) is 12.8 Å². The number of anilines is 2. The number of piperidine rings is 1. The molecule has 0 bridgehead atoms. The van der Waals surface area contributed by atoms with Crippen molar-refractivity contribution in [2.75, 3.05) is 30.4 Å². The van der Waals surface area contributed by atoms with Gasteiger partial charge in [0.2, 0.25) is 5.95 Å². The van der Waals surface area contributed by atoms with Crippen molar-refractivity contribution in [2.45, 2.75) is 18.9 Å². The molecule has 0 radical (unpaired) electrons. The summed E-state index contributed by atoms with van der Waals surface area (Å²) in [5, 5.41) is 12.7. The molecular formula is C11H16N6O. The Kier molecular flexibility index (Phi) is 2.75.